The molecule has 2 rings (SSSR count). The molecule has 0 saturated carbocycles. The molecule has 2 aromatic rings. The second-order valence-corrected chi connectivity index (χ2v) is 4.79. The molecular weight excluding hydrogens is 294 g/mol. The van der Waals surface area contributed by atoms with E-state index < -0.39 is 0 Å². The molecule has 0 aliphatic heterocycles. The number of rotatable bonds is 3. The summed E-state index contributed by atoms with van der Waals surface area (Å²) in [4.78, 5) is 19.6. The minimum absolute atomic E-state index is 0.0739. The van der Waals surface area contributed by atoms with Gasteiger partial charge in [0.1, 0.15) is 6.33 Å². The Kier molecular flexibility index (Phi) is 4.04. The van der Waals surface area contributed by atoms with E-state index in [9.17, 15) is 4.79 Å². The molecule has 0 aliphatic rings. The van der Waals surface area contributed by atoms with Crippen LogP contribution in [0.1, 0.15) is 28.9 Å². The second kappa shape index (κ2) is 5.73. The summed E-state index contributed by atoms with van der Waals surface area (Å²) in [5.41, 5.74) is 1.49. The molecule has 18 heavy (non-hydrogen) atoms. The zero-order chi connectivity index (χ0) is 13.0. The fourth-order valence-electron chi connectivity index (χ4n) is 1.56. The Morgan fingerprint density at radius 3 is 2.72 bits per heavy atom. The number of hydrogen-bond acceptors (Lipinski definition) is 3. The van der Waals surface area contributed by atoms with E-state index in [0.717, 1.165) is 10.0 Å². The molecule has 1 atom stereocenters. The molecule has 0 aliphatic carbocycles. The van der Waals surface area contributed by atoms with E-state index in [1.165, 1.54) is 18.7 Å². The van der Waals surface area contributed by atoms with Crippen molar-refractivity contribution in [2.24, 2.45) is 0 Å². The first-order valence-electron chi connectivity index (χ1n) is 5.48. The maximum absolute atomic E-state index is 11.9. The van der Waals surface area contributed by atoms with E-state index in [-0.39, 0.29) is 11.9 Å². The van der Waals surface area contributed by atoms with Gasteiger partial charge in [0.15, 0.2) is 0 Å². The summed E-state index contributed by atoms with van der Waals surface area (Å²) in [5, 5.41) is 2.90. The van der Waals surface area contributed by atoms with E-state index in [1.54, 1.807) is 0 Å². The van der Waals surface area contributed by atoms with Crippen molar-refractivity contribution in [1.29, 1.82) is 0 Å². The summed E-state index contributed by atoms with van der Waals surface area (Å²) < 4.78 is 0.990. The van der Waals surface area contributed by atoms with Crippen LogP contribution >= 0.6 is 15.9 Å². The molecule has 1 N–H and O–H groups in total. The van der Waals surface area contributed by atoms with E-state index in [2.05, 4.69) is 31.2 Å². The number of nitrogens with zero attached hydrogens (tertiary/aromatic N) is 2. The third kappa shape index (κ3) is 3.13. The Morgan fingerprint density at radius 2 is 2.06 bits per heavy atom. The second-order valence-electron chi connectivity index (χ2n) is 3.88. The van der Waals surface area contributed by atoms with Gasteiger partial charge in [0.25, 0.3) is 5.91 Å². The van der Waals surface area contributed by atoms with Crippen molar-refractivity contribution in [1.82, 2.24) is 15.3 Å². The maximum atomic E-state index is 11.9. The molecule has 92 valence electrons. The van der Waals surface area contributed by atoms with E-state index in [4.69, 9.17) is 0 Å². The van der Waals surface area contributed by atoms with Crippen molar-refractivity contribution in [3.8, 4) is 0 Å². The van der Waals surface area contributed by atoms with Crippen LogP contribution in [0.4, 0.5) is 0 Å². The molecule has 5 heteroatoms. The minimum atomic E-state index is -0.178. The van der Waals surface area contributed by atoms with Gasteiger partial charge in [-0.3, -0.25) is 4.79 Å². The van der Waals surface area contributed by atoms with Gasteiger partial charge >= 0.3 is 0 Å². The van der Waals surface area contributed by atoms with Gasteiger partial charge < -0.3 is 5.32 Å². The lowest BCUT2D eigenvalue weighted by Crippen LogP contribution is -2.26. The summed E-state index contributed by atoms with van der Waals surface area (Å²) in [6.07, 6.45) is 4.39. The minimum Gasteiger partial charge on any atom is -0.345 e. The highest BCUT2D eigenvalue weighted by atomic mass is 79.9. The third-order valence-electron chi connectivity index (χ3n) is 2.52. The molecule has 1 aromatic heterocycles. The topological polar surface area (TPSA) is 54.9 Å². The number of halogens is 1. The SMILES string of the molecule is CC(NC(=O)c1cncnc1)c1cccc(Br)c1. The number of hydrogen-bond donors (Lipinski definition) is 1. The third-order valence-corrected chi connectivity index (χ3v) is 3.01. The van der Waals surface area contributed by atoms with Crippen LogP contribution in [-0.4, -0.2) is 15.9 Å². The number of carbonyl (C=O) groups is 1. The standard InChI is InChI=1S/C13H12BrN3O/c1-9(10-3-2-4-12(14)5-10)17-13(18)11-6-15-8-16-7-11/h2-9H,1H3,(H,17,18). The predicted octanol–water partition coefficient (Wildman–Crippen LogP) is 2.73. The number of amides is 1. The molecule has 1 heterocycles. The van der Waals surface area contributed by atoms with Crippen LogP contribution in [0.3, 0.4) is 0 Å². The first-order valence-corrected chi connectivity index (χ1v) is 6.27. The molecule has 0 spiro atoms. The van der Waals surface area contributed by atoms with Crippen LogP contribution in [0, 0.1) is 0 Å². The van der Waals surface area contributed by atoms with Crippen molar-refractivity contribution in [2.75, 3.05) is 0 Å². The highest BCUT2D eigenvalue weighted by molar-refractivity contribution is 9.10. The normalized spacial score (nSPS) is 11.9. The zero-order valence-electron chi connectivity index (χ0n) is 9.80. The van der Waals surface area contributed by atoms with Gasteiger partial charge in [-0.25, -0.2) is 9.97 Å². The molecule has 0 bridgehead atoms. The van der Waals surface area contributed by atoms with Crippen molar-refractivity contribution in [3.63, 3.8) is 0 Å². The highest BCUT2D eigenvalue weighted by Crippen LogP contribution is 2.18. The number of nitrogens with one attached hydrogen (secondary N) is 1. The largest absolute Gasteiger partial charge is 0.345 e. The van der Waals surface area contributed by atoms with Crippen LogP contribution < -0.4 is 5.32 Å². The van der Waals surface area contributed by atoms with Gasteiger partial charge in [-0.1, -0.05) is 28.1 Å². The Bertz CT molecular complexity index is 545. The van der Waals surface area contributed by atoms with Crippen molar-refractivity contribution in [3.05, 3.63) is 58.6 Å². The van der Waals surface area contributed by atoms with Crippen LogP contribution in [-0.2, 0) is 0 Å². The molecule has 4 nitrogen and oxygen atoms in total. The summed E-state index contributed by atoms with van der Waals surface area (Å²) >= 11 is 3.41. The van der Waals surface area contributed by atoms with Gasteiger partial charge in [0.05, 0.1) is 11.6 Å². The zero-order valence-corrected chi connectivity index (χ0v) is 11.4. The summed E-state index contributed by atoms with van der Waals surface area (Å²) in [6, 6.07) is 7.76. The fourth-order valence-corrected chi connectivity index (χ4v) is 1.97. The lowest BCUT2D eigenvalue weighted by Gasteiger charge is -2.14. The molecule has 0 radical (unpaired) electrons. The Hall–Kier alpha value is -1.75. The monoisotopic (exact) mass is 305 g/mol. The Labute approximate surface area is 114 Å². The molecule has 0 saturated heterocycles. The predicted molar refractivity (Wildman–Crippen MR) is 72.1 cm³/mol. The van der Waals surface area contributed by atoms with Gasteiger partial charge in [-0.2, -0.15) is 0 Å². The van der Waals surface area contributed by atoms with Crippen LogP contribution in [0.2, 0.25) is 0 Å². The maximum Gasteiger partial charge on any atom is 0.254 e. The molecule has 1 unspecified atom stereocenters. The quantitative estimate of drug-likeness (QED) is 0.948. The Balaban J connectivity index is 2.08. The number of carbonyl (C=O) groups excluding carboxylic acids is 1. The summed E-state index contributed by atoms with van der Waals surface area (Å²) in [7, 11) is 0. The molecule has 1 amide bonds. The van der Waals surface area contributed by atoms with Crippen molar-refractivity contribution >= 4 is 21.8 Å². The summed E-state index contributed by atoms with van der Waals surface area (Å²) in [5.74, 6) is -0.178. The number of aromatic nitrogens is 2. The molecule has 0 fully saturated rings. The van der Waals surface area contributed by atoms with Crippen LogP contribution in [0.15, 0.2) is 47.5 Å². The average molecular weight is 306 g/mol. The van der Waals surface area contributed by atoms with Gasteiger partial charge in [-0.15, -0.1) is 0 Å². The summed E-state index contributed by atoms with van der Waals surface area (Å²) in [6.45, 7) is 1.93. The fraction of sp³-hybridized carbons (Fsp3) is 0.154. The van der Waals surface area contributed by atoms with E-state index >= 15 is 0 Å². The van der Waals surface area contributed by atoms with E-state index in [1.807, 2.05) is 31.2 Å². The highest BCUT2D eigenvalue weighted by Gasteiger charge is 2.11. The van der Waals surface area contributed by atoms with Gasteiger partial charge in [0, 0.05) is 16.9 Å². The first kappa shape index (κ1) is 12.7. The lowest BCUT2D eigenvalue weighted by atomic mass is 10.1. The average Bonchev–Trinajstić information content (AvgIpc) is 2.39. The smallest absolute Gasteiger partial charge is 0.254 e. The van der Waals surface area contributed by atoms with E-state index in [0.29, 0.717) is 5.56 Å². The molecular formula is C13H12BrN3O. The number of benzene rings is 1. The van der Waals surface area contributed by atoms with Crippen LogP contribution in [0.25, 0.3) is 0 Å². The van der Waals surface area contributed by atoms with Gasteiger partial charge in [-0.05, 0) is 24.6 Å². The van der Waals surface area contributed by atoms with Crippen molar-refractivity contribution in [2.45, 2.75) is 13.0 Å². The molecule has 1 aromatic carbocycles. The first-order chi connectivity index (χ1) is 8.66. The van der Waals surface area contributed by atoms with Crippen molar-refractivity contribution < 1.29 is 4.79 Å². The Morgan fingerprint density at radius 1 is 1.33 bits per heavy atom. The van der Waals surface area contributed by atoms with Crippen LogP contribution in [0.5, 0.6) is 0 Å². The van der Waals surface area contributed by atoms with Gasteiger partial charge in [0.2, 0.25) is 0 Å². The lowest BCUT2D eigenvalue weighted by molar-refractivity contribution is 0.0939.